The third-order valence-corrected chi connectivity index (χ3v) is 7.23. The maximum atomic E-state index is 13.0. The Bertz CT molecular complexity index is 1270. The zero-order valence-electron chi connectivity index (χ0n) is 20.5. The number of ketones is 1. The number of hydrogen-bond acceptors (Lipinski definition) is 7. The van der Waals surface area contributed by atoms with E-state index < -0.39 is 23.4 Å². The van der Waals surface area contributed by atoms with Crippen molar-refractivity contribution < 1.29 is 28.2 Å². The van der Waals surface area contributed by atoms with Crippen molar-refractivity contribution >= 4 is 22.6 Å². The predicted octanol–water partition coefficient (Wildman–Crippen LogP) is 3.01. The lowest BCUT2D eigenvalue weighted by Crippen LogP contribution is -2.58. The molecule has 8 nitrogen and oxygen atoms in total. The van der Waals surface area contributed by atoms with Crippen LogP contribution in [0.15, 0.2) is 42.9 Å². The summed E-state index contributed by atoms with van der Waals surface area (Å²) in [5, 5.41) is 22.7. The van der Waals surface area contributed by atoms with Crippen LogP contribution in [0.4, 0.5) is 19.0 Å². The first-order valence-electron chi connectivity index (χ1n) is 12.4. The van der Waals surface area contributed by atoms with Crippen molar-refractivity contribution in [2.75, 3.05) is 24.5 Å². The van der Waals surface area contributed by atoms with Crippen molar-refractivity contribution in [3.63, 3.8) is 0 Å². The van der Waals surface area contributed by atoms with Gasteiger partial charge in [0.15, 0.2) is 0 Å². The fourth-order valence-electron chi connectivity index (χ4n) is 5.07. The van der Waals surface area contributed by atoms with Crippen LogP contribution in [-0.2, 0) is 24.1 Å². The Labute approximate surface area is 212 Å². The van der Waals surface area contributed by atoms with Crippen molar-refractivity contribution in [2.45, 2.75) is 63.2 Å². The lowest BCUT2D eigenvalue weighted by Gasteiger charge is -2.42. The molecule has 0 bridgehead atoms. The van der Waals surface area contributed by atoms with Gasteiger partial charge in [-0.05, 0) is 49.9 Å². The number of benzene rings is 1. The number of β-amino-alcohol motifs (C(OH)–C–C–N with tert-alkyl or cyclic N) is 1. The summed E-state index contributed by atoms with van der Waals surface area (Å²) in [6, 6.07) is 7.29. The number of aliphatic hydroxyl groups is 2. The van der Waals surface area contributed by atoms with E-state index in [1.165, 1.54) is 25.4 Å². The van der Waals surface area contributed by atoms with Crippen LogP contribution in [0.2, 0.25) is 0 Å². The fourth-order valence-corrected chi connectivity index (χ4v) is 5.07. The summed E-state index contributed by atoms with van der Waals surface area (Å²) in [5.41, 5.74) is -0.695. The molecule has 198 valence electrons. The van der Waals surface area contributed by atoms with Gasteiger partial charge >= 0.3 is 6.18 Å². The van der Waals surface area contributed by atoms with Crippen LogP contribution in [0.25, 0.3) is 11.0 Å². The van der Waals surface area contributed by atoms with Crippen LogP contribution in [0, 0.1) is 0 Å². The SMILES string of the molecule is CC(=O)CN1CC[C@@](O)(Cn2ccc3c(N(Cc4ccc(C(F)(F)F)cc4)C4CC4)ncnc32)[C@H](O)C1. The Balaban J connectivity index is 1.37. The van der Waals surface area contributed by atoms with E-state index in [4.69, 9.17) is 0 Å². The molecule has 2 aliphatic rings. The van der Waals surface area contributed by atoms with Crippen LogP contribution < -0.4 is 4.90 Å². The number of aromatic nitrogens is 3. The van der Waals surface area contributed by atoms with E-state index in [0.717, 1.165) is 35.9 Å². The Hall–Kier alpha value is -3.02. The van der Waals surface area contributed by atoms with E-state index >= 15 is 0 Å². The molecule has 5 rings (SSSR count). The third kappa shape index (κ3) is 5.48. The summed E-state index contributed by atoms with van der Waals surface area (Å²) in [7, 11) is 0. The van der Waals surface area contributed by atoms with Crippen LogP contribution in [-0.4, -0.2) is 72.8 Å². The molecule has 2 aromatic heterocycles. The largest absolute Gasteiger partial charge is 0.416 e. The molecule has 1 aliphatic heterocycles. The molecule has 3 heterocycles. The van der Waals surface area contributed by atoms with Crippen molar-refractivity contribution in [1.29, 1.82) is 0 Å². The van der Waals surface area contributed by atoms with Gasteiger partial charge in [0.1, 0.15) is 29.2 Å². The lowest BCUT2D eigenvalue weighted by molar-refractivity contribution is -0.137. The molecule has 1 aromatic carbocycles. The van der Waals surface area contributed by atoms with E-state index in [9.17, 15) is 28.2 Å². The summed E-state index contributed by atoms with van der Waals surface area (Å²) >= 11 is 0. The third-order valence-electron chi connectivity index (χ3n) is 7.23. The molecule has 0 unspecified atom stereocenters. The van der Waals surface area contributed by atoms with Crippen molar-refractivity contribution in [1.82, 2.24) is 19.4 Å². The minimum atomic E-state index is -4.38. The van der Waals surface area contributed by atoms with Gasteiger partial charge in [-0.3, -0.25) is 9.69 Å². The highest BCUT2D eigenvalue weighted by atomic mass is 19.4. The average molecular weight is 518 g/mol. The van der Waals surface area contributed by atoms with E-state index in [2.05, 4.69) is 14.9 Å². The second-order valence-electron chi connectivity index (χ2n) is 10.2. The number of anilines is 1. The number of piperidine rings is 1. The van der Waals surface area contributed by atoms with Crippen LogP contribution in [0.3, 0.4) is 0 Å². The van der Waals surface area contributed by atoms with Gasteiger partial charge in [-0.1, -0.05) is 12.1 Å². The first-order valence-corrected chi connectivity index (χ1v) is 12.4. The highest BCUT2D eigenvalue weighted by Crippen LogP contribution is 2.37. The van der Waals surface area contributed by atoms with Gasteiger partial charge in [0.25, 0.3) is 0 Å². The molecular formula is C26H30F3N5O3. The second kappa shape index (κ2) is 9.70. The number of rotatable bonds is 8. The van der Waals surface area contributed by atoms with Crippen molar-refractivity contribution in [3.05, 3.63) is 54.0 Å². The molecule has 0 amide bonds. The molecule has 2 fully saturated rings. The quantitative estimate of drug-likeness (QED) is 0.475. The standard InChI is InChI=1S/C26H30F3N5O3/c1-17(35)12-32-11-9-25(37,22(36)14-32)15-33-10-8-21-23(33)30-16-31-24(21)34(20-6-7-20)13-18-2-4-19(5-3-18)26(27,28)29/h2-5,8,10,16,20,22,36-37H,6-7,9,11-15H2,1H3/t22-,25-/m1/s1. The number of carbonyl (C=O) groups excluding carboxylic acids is 1. The van der Waals surface area contributed by atoms with Crippen molar-refractivity contribution in [3.8, 4) is 0 Å². The number of aliphatic hydroxyl groups excluding tert-OH is 1. The van der Waals surface area contributed by atoms with Gasteiger partial charge in [0, 0.05) is 31.9 Å². The van der Waals surface area contributed by atoms with Gasteiger partial charge in [0.05, 0.1) is 30.1 Å². The van der Waals surface area contributed by atoms with E-state index in [0.29, 0.717) is 31.0 Å². The minimum absolute atomic E-state index is 0.00906. The predicted molar refractivity (Wildman–Crippen MR) is 131 cm³/mol. The van der Waals surface area contributed by atoms with E-state index in [1.807, 2.05) is 11.0 Å². The van der Waals surface area contributed by atoms with Gasteiger partial charge in [-0.25, -0.2) is 9.97 Å². The van der Waals surface area contributed by atoms with Gasteiger partial charge in [-0.2, -0.15) is 13.2 Å². The average Bonchev–Trinajstić information content (AvgIpc) is 3.60. The molecule has 2 atom stereocenters. The van der Waals surface area contributed by atoms with E-state index in [1.54, 1.807) is 10.8 Å². The number of likely N-dealkylation sites (tertiary alicyclic amines) is 1. The Morgan fingerprint density at radius 2 is 1.92 bits per heavy atom. The number of Topliss-reactive ketones (excluding diaryl/α,β-unsaturated/α-hetero) is 1. The minimum Gasteiger partial charge on any atom is -0.389 e. The molecule has 2 N–H and O–H groups in total. The lowest BCUT2D eigenvalue weighted by atomic mass is 9.88. The molecular weight excluding hydrogens is 487 g/mol. The Morgan fingerprint density at radius 1 is 1.19 bits per heavy atom. The number of alkyl halides is 3. The van der Waals surface area contributed by atoms with Crippen molar-refractivity contribution in [2.24, 2.45) is 0 Å². The second-order valence-corrected chi connectivity index (χ2v) is 10.2. The Morgan fingerprint density at radius 3 is 2.54 bits per heavy atom. The topological polar surface area (TPSA) is 94.7 Å². The number of hydrogen-bond donors (Lipinski definition) is 2. The number of fused-ring (bicyclic) bond motifs is 1. The summed E-state index contributed by atoms with van der Waals surface area (Å²) in [6.07, 6.45) is 0.0944. The number of nitrogens with zero attached hydrogens (tertiary/aromatic N) is 5. The first-order chi connectivity index (χ1) is 17.5. The number of carbonyl (C=O) groups is 1. The summed E-state index contributed by atoms with van der Waals surface area (Å²) in [5.74, 6) is 0.699. The Kier molecular flexibility index (Phi) is 6.71. The number of halogens is 3. The van der Waals surface area contributed by atoms with Gasteiger partial charge in [-0.15, -0.1) is 0 Å². The van der Waals surface area contributed by atoms with Crippen LogP contribution >= 0.6 is 0 Å². The molecule has 1 saturated carbocycles. The molecule has 11 heteroatoms. The van der Waals surface area contributed by atoms with Crippen LogP contribution in [0.5, 0.6) is 0 Å². The van der Waals surface area contributed by atoms with Gasteiger partial charge in [0.2, 0.25) is 0 Å². The highest BCUT2D eigenvalue weighted by Gasteiger charge is 2.41. The summed E-state index contributed by atoms with van der Waals surface area (Å²) < 4.78 is 40.7. The zero-order valence-corrected chi connectivity index (χ0v) is 20.5. The zero-order chi connectivity index (χ0) is 26.4. The fraction of sp³-hybridized carbons (Fsp3) is 0.500. The highest BCUT2D eigenvalue weighted by molar-refractivity contribution is 5.88. The van der Waals surface area contributed by atoms with Crippen LogP contribution in [0.1, 0.15) is 37.3 Å². The maximum absolute atomic E-state index is 13.0. The smallest absolute Gasteiger partial charge is 0.389 e. The summed E-state index contributed by atoms with van der Waals surface area (Å²) in [4.78, 5) is 24.3. The molecule has 3 aromatic rings. The molecule has 37 heavy (non-hydrogen) atoms. The molecule has 0 spiro atoms. The first kappa shape index (κ1) is 25.6. The molecule has 0 radical (unpaired) electrons. The molecule has 1 saturated heterocycles. The van der Waals surface area contributed by atoms with Gasteiger partial charge < -0.3 is 19.7 Å². The maximum Gasteiger partial charge on any atom is 0.416 e. The monoisotopic (exact) mass is 517 g/mol. The van der Waals surface area contributed by atoms with E-state index in [-0.39, 0.29) is 31.5 Å². The normalized spacial score (nSPS) is 22.9. The molecule has 1 aliphatic carbocycles. The summed E-state index contributed by atoms with van der Waals surface area (Å²) in [6.45, 7) is 2.98.